The minimum Gasteiger partial charge on any atom is -0.348 e. The number of alkyl halides is 1. The fourth-order valence-corrected chi connectivity index (χ4v) is 1.57. The number of halogens is 1. The number of rotatable bonds is 4. The maximum Gasteiger partial charge on any atom is 0.269 e. The van der Waals surface area contributed by atoms with E-state index in [2.05, 4.69) is 5.32 Å². The number of carbonyl (C=O) groups is 1. The van der Waals surface area contributed by atoms with E-state index in [0.717, 1.165) is 0 Å². The van der Waals surface area contributed by atoms with Gasteiger partial charge in [0.05, 0.1) is 11.0 Å². The lowest BCUT2D eigenvalue weighted by Crippen LogP contribution is -2.27. The van der Waals surface area contributed by atoms with Crippen LogP contribution in [0.4, 0.5) is 5.69 Å². The van der Waals surface area contributed by atoms with Crippen LogP contribution in [0.3, 0.4) is 0 Å². The molecule has 0 aliphatic heterocycles. The second-order valence-electron chi connectivity index (χ2n) is 3.26. The molecule has 5 nitrogen and oxygen atoms in total. The van der Waals surface area contributed by atoms with Gasteiger partial charge in [-0.15, -0.1) is 11.6 Å². The quantitative estimate of drug-likeness (QED) is 0.499. The normalized spacial score (nSPS) is 11.9. The molecule has 0 radical (unpaired) electrons. The average molecular weight is 243 g/mol. The van der Waals surface area contributed by atoms with E-state index in [-0.39, 0.29) is 17.5 Å². The molecule has 0 unspecified atom stereocenters. The standard InChI is InChI=1S/C10H11ClN2O3/c1-7(14)12-10(6-11)8-3-2-4-9(5-8)13(15)16/h2-5,10H,6H2,1H3,(H,12,14)/t10-/m0/s1. The molecule has 1 amide bonds. The molecule has 0 fully saturated rings. The first kappa shape index (κ1) is 12.4. The summed E-state index contributed by atoms with van der Waals surface area (Å²) in [4.78, 5) is 21.0. The minimum absolute atomic E-state index is 0.0158. The number of nitro benzene ring substituents is 1. The number of amides is 1. The molecule has 86 valence electrons. The second-order valence-corrected chi connectivity index (χ2v) is 3.57. The van der Waals surface area contributed by atoms with Crippen LogP contribution < -0.4 is 5.32 Å². The van der Waals surface area contributed by atoms with Crippen LogP contribution >= 0.6 is 11.6 Å². The van der Waals surface area contributed by atoms with Crippen molar-refractivity contribution in [3.8, 4) is 0 Å². The van der Waals surface area contributed by atoms with Gasteiger partial charge < -0.3 is 5.32 Å². The predicted molar refractivity (Wildman–Crippen MR) is 60.4 cm³/mol. The van der Waals surface area contributed by atoms with Crippen molar-refractivity contribution in [1.29, 1.82) is 0 Å². The third kappa shape index (κ3) is 3.20. The Balaban J connectivity index is 2.96. The molecule has 0 bridgehead atoms. The fraction of sp³-hybridized carbons (Fsp3) is 0.300. The number of hydrogen-bond acceptors (Lipinski definition) is 3. The van der Waals surface area contributed by atoms with Gasteiger partial charge in [0.1, 0.15) is 0 Å². The Labute approximate surface area is 97.6 Å². The molecular formula is C10H11ClN2O3. The average Bonchev–Trinajstić information content (AvgIpc) is 2.25. The van der Waals surface area contributed by atoms with Gasteiger partial charge in [0.2, 0.25) is 5.91 Å². The van der Waals surface area contributed by atoms with Gasteiger partial charge in [0.25, 0.3) is 5.69 Å². The van der Waals surface area contributed by atoms with Gasteiger partial charge in [0.15, 0.2) is 0 Å². The molecule has 0 aliphatic rings. The van der Waals surface area contributed by atoms with Crippen LogP contribution in [0.15, 0.2) is 24.3 Å². The summed E-state index contributed by atoms with van der Waals surface area (Å²) in [5.74, 6) is -0.0574. The second kappa shape index (κ2) is 5.46. The molecular weight excluding hydrogens is 232 g/mol. The van der Waals surface area contributed by atoms with Crippen LogP contribution in [0.5, 0.6) is 0 Å². The highest BCUT2D eigenvalue weighted by atomic mass is 35.5. The first-order valence-electron chi connectivity index (χ1n) is 4.62. The van der Waals surface area contributed by atoms with E-state index in [0.29, 0.717) is 5.56 Å². The molecule has 0 heterocycles. The first-order chi connectivity index (χ1) is 7.54. The van der Waals surface area contributed by atoms with E-state index in [1.807, 2.05) is 0 Å². The van der Waals surface area contributed by atoms with E-state index < -0.39 is 11.0 Å². The minimum atomic E-state index is -0.484. The van der Waals surface area contributed by atoms with Gasteiger partial charge in [-0.25, -0.2) is 0 Å². The topological polar surface area (TPSA) is 72.2 Å². The molecule has 1 rings (SSSR count). The highest BCUT2D eigenvalue weighted by Gasteiger charge is 2.14. The number of nitrogens with zero attached hydrogens (tertiary/aromatic N) is 1. The molecule has 0 aromatic heterocycles. The third-order valence-corrected chi connectivity index (χ3v) is 2.32. The van der Waals surface area contributed by atoms with Gasteiger partial charge >= 0.3 is 0 Å². The van der Waals surface area contributed by atoms with Crippen LogP contribution in [-0.4, -0.2) is 16.7 Å². The zero-order chi connectivity index (χ0) is 12.1. The summed E-state index contributed by atoms with van der Waals surface area (Å²) >= 11 is 5.69. The molecule has 0 aliphatic carbocycles. The Hall–Kier alpha value is -1.62. The van der Waals surface area contributed by atoms with E-state index in [9.17, 15) is 14.9 Å². The lowest BCUT2D eigenvalue weighted by Gasteiger charge is -2.14. The predicted octanol–water partition coefficient (Wildman–Crippen LogP) is 2.01. The zero-order valence-corrected chi connectivity index (χ0v) is 9.40. The van der Waals surface area contributed by atoms with E-state index >= 15 is 0 Å². The van der Waals surface area contributed by atoms with Crippen molar-refractivity contribution in [2.24, 2.45) is 0 Å². The number of benzene rings is 1. The molecule has 1 N–H and O–H groups in total. The Morgan fingerprint density at radius 2 is 2.31 bits per heavy atom. The third-order valence-electron chi connectivity index (χ3n) is 2.02. The van der Waals surface area contributed by atoms with E-state index in [1.54, 1.807) is 12.1 Å². The van der Waals surface area contributed by atoms with Crippen LogP contribution in [0.1, 0.15) is 18.5 Å². The maximum absolute atomic E-state index is 10.9. The lowest BCUT2D eigenvalue weighted by molar-refractivity contribution is -0.384. The summed E-state index contributed by atoms with van der Waals surface area (Å²) in [6.45, 7) is 1.37. The Morgan fingerprint density at radius 1 is 1.62 bits per heavy atom. The molecule has 1 atom stereocenters. The number of nitrogens with one attached hydrogen (secondary N) is 1. The van der Waals surface area contributed by atoms with Crippen LogP contribution in [0.25, 0.3) is 0 Å². The molecule has 1 aromatic rings. The Bertz CT molecular complexity index is 409. The summed E-state index contributed by atoms with van der Waals surface area (Å²) in [6.07, 6.45) is 0. The lowest BCUT2D eigenvalue weighted by atomic mass is 10.1. The highest BCUT2D eigenvalue weighted by Crippen LogP contribution is 2.20. The molecule has 1 aromatic carbocycles. The van der Waals surface area contributed by atoms with Crippen LogP contribution in [0.2, 0.25) is 0 Å². The largest absolute Gasteiger partial charge is 0.348 e. The SMILES string of the molecule is CC(=O)N[C@@H](CCl)c1cccc([N+](=O)[O-])c1. The van der Waals surface area contributed by atoms with Crippen molar-refractivity contribution in [2.45, 2.75) is 13.0 Å². The molecule has 0 saturated heterocycles. The Morgan fingerprint density at radius 3 is 2.81 bits per heavy atom. The van der Waals surface area contributed by atoms with Crippen molar-refractivity contribution >= 4 is 23.2 Å². The molecule has 6 heteroatoms. The van der Waals surface area contributed by atoms with Crippen molar-refractivity contribution in [1.82, 2.24) is 5.32 Å². The monoisotopic (exact) mass is 242 g/mol. The summed E-state index contributed by atoms with van der Waals surface area (Å²) in [6, 6.07) is 5.65. The highest BCUT2D eigenvalue weighted by molar-refractivity contribution is 6.18. The van der Waals surface area contributed by atoms with Gasteiger partial charge in [0, 0.05) is 24.9 Å². The van der Waals surface area contributed by atoms with Crippen molar-refractivity contribution in [2.75, 3.05) is 5.88 Å². The Kier molecular flexibility index (Phi) is 4.25. The van der Waals surface area contributed by atoms with Gasteiger partial charge in [-0.3, -0.25) is 14.9 Å². The smallest absolute Gasteiger partial charge is 0.269 e. The van der Waals surface area contributed by atoms with E-state index in [1.165, 1.54) is 19.1 Å². The summed E-state index contributed by atoms with van der Waals surface area (Å²) in [7, 11) is 0. The molecule has 0 spiro atoms. The summed E-state index contributed by atoms with van der Waals surface area (Å²) < 4.78 is 0. The number of nitro groups is 1. The molecule has 16 heavy (non-hydrogen) atoms. The summed E-state index contributed by atoms with van der Waals surface area (Å²) in [5, 5.41) is 13.2. The maximum atomic E-state index is 10.9. The van der Waals surface area contributed by atoms with E-state index in [4.69, 9.17) is 11.6 Å². The van der Waals surface area contributed by atoms with Gasteiger partial charge in [-0.05, 0) is 5.56 Å². The van der Waals surface area contributed by atoms with Crippen molar-refractivity contribution < 1.29 is 9.72 Å². The fourth-order valence-electron chi connectivity index (χ4n) is 1.31. The first-order valence-corrected chi connectivity index (χ1v) is 5.15. The molecule has 0 saturated carbocycles. The van der Waals surface area contributed by atoms with Crippen LogP contribution in [0, 0.1) is 10.1 Å². The number of non-ortho nitro benzene ring substituents is 1. The van der Waals surface area contributed by atoms with Crippen molar-refractivity contribution in [3.05, 3.63) is 39.9 Å². The van der Waals surface area contributed by atoms with Crippen molar-refractivity contribution in [3.63, 3.8) is 0 Å². The van der Waals surface area contributed by atoms with Crippen LogP contribution in [-0.2, 0) is 4.79 Å². The van der Waals surface area contributed by atoms with Gasteiger partial charge in [-0.1, -0.05) is 12.1 Å². The number of hydrogen-bond donors (Lipinski definition) is 1. The zero-order valence-electron chi connectivity index (χ0n) is 8.64. The van der Waals surface area contributed by atoms with Gasteiger partial charge in [-0.2, -0.15) is 0 Å². The number of carbonyl (C=O) groups excluding carboxylic acids is 1. The summed E-state index contributed by atoms with van der Waals surface area (Å²) in [5.41, 5.74) is 0.609.